The van der Waals surface area contributed by atoms with Gasteiger partial charge in [0.15, 0.2) is 18.5 Å². The molecule has 2 N–H and O–H groups in total. The van der Waals surface area contributed by atoms with E-state index in [9.17, 15) is 0 Å². The molecule has 1 aliphatic rings. The number of aliphatic imine (C=N–C) groups is 1. The van der Waals surface area contributed by atoms with Gasteiger partial charge < -0.3 is 10.2 Å². The Morgan fingerprint density at radius 2 is 2.20 bits per heavy atom. The van der Waals surface area contributed by atoms with E-state index in [1.807, 2.05) is 6.07 Å². The summed E-state index contributed by atoms with van der Waals surface area (Å²) in [4.78, 5) is 5.86. The van der Waals surface area contributed by atoms with E-state index in [-0.39, 0.29) is 0 Å². The topological polar surface area (TPSA) is 28.8 Å². The summed E-state index contributed by atoms with van der Waals surface area (Å²) in [6, 6.07) is 10.5. The highest BCUT2D eigenvalue weighted by molar-refractivity contribution is 8.13. The maximum atomic E-state index is 4.46. The molecule has 3 nitrogen and oxygen atoms in total. The maximum Gasteiger partial charge on any atom is 0.175 e. The maximum absolute atomic E-state index is 4.46. The van der Waals surface area contributed by atoms with Crippen molar-refractivity contribution in [2.75, 3.05) is 20.4 Å². The lowest BCUT2D eigenvalue weighted by Gasteiger charge is -2.19. The molecule has 15 heavy (non-hydrogen) atoms. The van der Waals surface area contributed by atoms with Gasteiger partial charge in [-0.15, -0.1) is 0 Å². The first-order valence-corrected chi connectivity index (χ1v) is 6.09. The lowest BCUT2D eigenvalue weighted by Crippen LogP contribution is -3.11. The van der Waals surface area contributed by atoms with Crippen molar-refractivity contribution in [2.24, 2.45) is 4.99 Å². The monoisotopic (exact) mass is 222 g/mol. The van der Waals surface area contributed by atoms with Gasteiger partial charge in [0.1, 0.15) is 0 Å². The highest BCUT2D eigenvalue weighted by Crippen LogP contribution is 2.12. The van der Waals surface area contributed by atoms with Crippen molar-refractivity contribution >= 4 is 16.9 Å². The molecule has 0 aromatic heterocycles. The summed E-state index contributed by atoms with van der Waals surface area (Å²) in [5.41, 5.74) is 1.35. The molecule has 1 aromatic carbocycles. The Morgan fingerprint density at radius 3 is 2.87 bits per heavy atom. The largest absolute Gasteiger partial charge is 0.318 e. The van der Waals surface area contributed by atoms with Gasteiger partial charge in [-0.3, -0.25) is 0 Å². The fraction of sp³-hybridized carbons (Fsp3) is 0.364. The average molecular weight is 222 g/mol. The van der Waals surface area contributed by atoms with Gasteiger partial charge >= 0.3 is 0 Å². The second kappa shape index (κ2) is 5.19. The number of nitrogens with one attached hydrogen (secondary N) is 2. The molecule has 1 unspecified atom stereocenters. The summed E-state index contributed by atoms with van der Waals surface area (Å²) in [5.74, 6) is 0.992. The number of amidine groups is 1. The summed E-state index contributed by atoms with van der Waals surface area (Å²) in [6.07, 6.45) is 0. The summed E-state index contributed by atoms with van der Waals surface area (Å²) in [5, 5.41) is 4.39. The lowest BCUT2D eigenvalue weighted by molar-refractivity contribution is -0.882. The standard InChI is InChI=1S/C11H15N3S/c1-14-8-12-11(13-9-14)15-7-10-5-3-2-4-6-10/h2-6H,7-9H2,1H3,(H,12,13)/p+1. The molecule has 1 aliphatic heterocycles. The third kappa shape index (κ3) is 3.25. The Labute approximate surface area is 94.6 Å². The van der Waals surface area contributed by atoms with Crippen LogP contribution in [0, 0.1) is 0 Å². The predicted octanol–water partition coefficient (Wildman–Crippen LogP) is 0.309. The van der Waals surface area contributed by atoms with Crippen molar-refractivity contribution in [1.29, 1.82) is 0 Å². The average Bonchev–Trinajstić information content (AvgIpc) is 2.30. The SMILES string of the molecule is C[NH+]1CN=C(SCc2ccccc2)NC1. The summed E-state index contributed by atoms with van der Waals surface area (Å²) >= 11 is 1.78. The Morgan fingerprint density at radius 1 is 1.40 bits per heavy atom. The molecular formula is C11H16N3S+. The Hall–Kier alpha value is -1.00. The van der Waals surface area contributed by atoms with E-state index >= 15 is 0 Å². The summed E-state index contributed by atoms with van der Waals surface area (Å²) in [7, 11) is 2.13. The van der Waals surface area contributed by atoms with Crippen molar-refractivity contribution < 1.29 is 4.90 Å². The lowest BCUT2D eigenvalue weighted by atomic mass is 10.2. The first kappa shape index (κ1) is 10.5. The van der Waals surface area contributed by atoms with Crippen molar-refractivity contribution in [3.63, 3.8) is 0 Å². The molecule has 0 amide bonds. The molecule has 0 aliphatic carbocycles. The smallest absolute Gasteiger partial charge is 0.175 e. The van der Waals surface area contributed by atoms with E-state index in [1.54, 1.807) is 11.8 Å². The first-order chi connectivity index (χ1) is 7.34. The number of nitrogens with zero attached hydrogens (tertiary/aromatic N) is 1. The number of thioether (sulfide) groups is 1. The quantitative estimate of drug-likeness (QED) is 0.754. The third-order valence-corrected chi connectivity index (χ3v) is 3.28. The fourth-order valence-electron chi connectivity index (χ4n) is 1.37. The summed E-state index contributed by atoms with van der Waals surface area (Å²) in [6.45, 7) is 1.85. The van der Waals surface area contributed by atoms with Gasteiger partial charge in [-0.05, 0) is 5.56 Å². The molecular weight excluding hydrogens is 206 g/mol. The third-order valence-electron chi connectivity index (χ3n) is 2.25. The molecule has 0 fully saturated rings. The fourth-order valence-corrected chi connectivity index (χ4v) is 2.19. The molecule has 1 aromatic rings. The zero-order valence-electron chi connectivity index (χ0n) is 8.86. The van der Waals surface area contributed by atoms with Crippen LogP contribution in [0.5, 0.6) is 0 Å². The molecule has 0 bridgehead atoms. The Bertz CT molecular complexity index is 337. The normalized spacial score (nSPS) is 20.6. The number of quaternary nitrogens is 1. The minimum Gasteiger partial charge on any atom is -0.318 e. The minimum absolute atomic E-state index is 0.879. The predicted molar refractivity (Wildman–Crippen MR) is 64.9 cm³/mol. The van der Waals surface area contributed by atoms with Crippen molar-refractivity contribution in [3.8, 4) is 0 Å². The molecule has 0 saturated carbocycles. The van der Waals surface area contributed by atoms with E-state index in [0.29, 0.717) is 0 Å². The van der Waals surface area contributed by atoms with Crippen LogP contribution in [0.25, 0.3) is 0 Å². The van der Waals surface area contributed by atoms with Gasteiger partial charge in [-0.2, -0.15) is 0 Å². The Balaban J connectivity index is 1.84. The second-order valence-electron chi connectivity index (χ2n) is 3.71. The molecule has 2 rings (SSSR count). The van der Waals surface area contributed by atoms with Gasteiger partial charge in [0.25, 0.3) is 0 Å². The van der Waals surface area contributed by atoms with Gasteiger partial charge in [0, 0.05) is 5.75 Å². The van der Waals surface area contributed by atoms with Crippen LogP contribution in [-0.4, -0.2) is 25.6 Å². The molecule has 0 spiro atoms. The van der Waals surface area contributed by atoms with Crippen molar-refractivity contribution in [2.45, 2.75) is 5.75 Å². The van der Waals surface area contributed by atoms with E-state index in [1.165, 1.54) is 10.5 Å². The van der Waals surface area contributed by atoms with E-state index in [0.717, 1.165) is 24.3 Å². The zero-order valence-corrected chi connectivity index (χ0v) is 9.68. The molecule has 0 radical (unpaired) electrons. The van der Waals surface area contributed by atoms with Gasteiger partial charge in [-0.1, -0.05) is 42.1 Å². The first-order valence-electron chi connectivity index (χ1n) is 5.11. The molecule has 0 saturated heterocycles. The van der Waals surface area contributed by atoms with Crippen LogP contribution in [0.4, 0.5) is 0 Å². The van der Waals surface area contributed by atoms with Gasteiger partial charge in [-0.25, -0.2) is 4.99 Å². The second-order valence-corrected chi connectivity index (χ2v) is 4.67. The molecule has 1 atom stereocenters. The van der Waals surface area contributed by atoms with Crippen LogP contribution in [0.3, 0.4) is 0 Å². The van der Waals surface area contributed by atoms with Crippen LogP contribution in [0.1, 0.15) is 5.56 Å². The zero-order chi connectivity index (χ0) is 10.5. The summed E-state index contributed by atoms with van der Waals surface area (Å²) < 4.78 is 0. The number of hydrogen-bond acceptors (Lipinski definition) is 3. The molecule has 1 heterocycles. The van der Waals surface area contributed by atoms with Crippen molar-refractivity contribution in [1.82, 2.24) is 5.32 Å². The van der Waals surface area contributed by atoms with Crippen LogP contribution in [0.15, 0.2) is 35.3 Å². The molecule has 4 heteroatoms. The number of rotatable bonds is 2. The minimum atomic E-state index is 0.879. The van der Waals surface area contributed by atoms with Crippen molar-refractivity contribution in [3.05, 3.63) is 35.9 Å². The highest BCUT2D eigenvalue weighted by atomic mass is 32.2. The van der Waals surface area contributed by atoms with Crippen LogP contribution < -0.4 is 10.2 Å². The molecule has 80 valence electrons. The Kier molecular flexibility index (Phi) is 3.64. The van der Waals surface area contributed by atoms with Crippen LogP contribution in [0.2, 0.25) is 0 Å². The number of benzene rings is 1. The van der Waals surface area contributed by atoms with Crippen LogP contribution >= 0.6 is 11.8 Å². The van der Waals surface area contributed by atoms with E-state index in [4.69, 9.17) is 0 Å². The van der Waals surface area contributed by atoms with E-state index < -0.39 is 0 Å². The van der Waals surface area contributed by atoms with Gasteiger partial charge in [0.05, 0.1) is 7.05 Å². The number of hydrogen-bond donors (Lipinski definition) is 2. The van der Waals surface area contributed by atoms with E-state index in [2.05, 4.69) is 41.6 Å². The highest BCUT2D eigenvalue weighted by Gasteiger charge is 2.10. The van der Waals surface area contributed by atoms with Crippen LogP contribution in [-0.2, 0) is 5.75 Å². The van der Waals surface area contributed by atoms with Gasteiger partial charge in [0.2, 0.25) is 0 Å².